The highest BCUT2D eigenvalue weighted by Crippen LogP contribution is 2.33. The number of nitro benzene ring substituents is 1. The Labute approximate surface area is 251 Å². The number of rotatable bonds is 10. The van der Waals surface area contributed by atoms with Crippen molar-refractivity contribution in [2.75, 3.05) is 13.2 Å². The van der Waals surface area contributed by atoms with Crippen LogP contribution in [0, 0.1) is 10.1 Å². The Morgan fingerprint density at radius 3 is 2.44 bits per heavy atom. The molecule has 1 atom stereocenters. The van der Waals surface area contributed by atoms with Gasteiger partial charge in [0.25, 0.3) is 11.2 Å². The molecule has 0 fully saturated rings. The standard InChI is InChI=1S/C32H29N3O7S/c1-4-40-26-17-22(11-16-25(26)42-19-21-9-7-6-8-10-21)18-27-30(36)34-20(3)28(31(37)41-5-2)29(33-32(34)43-27)23-12-14-24(15-13-23)35(38)39/h6-18,29H,4-5,19H2,1-3H3/b27-18-/t29-/m0/s1. The first kappa shape index (κ1) is 29.5. The van der Waals surface area contributed by atoms with Crippen LogP contribution in [0.15, 0.2) is 88.2 Å². The summed E-state index contributed by atoms with van der Waals surface area (Å²) in [4.78, 5) is 42.5. The largest absolute Gasteiger partial charge is 0.490 e. The number of thiazole rings is 1. The maximum atomic E-state index is 13.6. The lowest BCUT2D eigenvalue weighted by Crippen LogP contribution is -2.35. The molecule has 3 aromatic carbocycles. The van der Waals surface area contributed by atoms with Crippen molar-refractivity contribution in [1.29, 1.82) is 0 Å². The van der Waals surface area contributed by atoms with Gasteiger partial charge in [0, 0.05) is 17.8 Å². The number of allylic oxidation sites excluding steroid dienone is 1. The van der Waals surface area contributed by atoms with E-state index in [0.717, 1.165) is 11.1 Å². The second-order valence-corrected chi connectivity index (χ2v) is 10.6. The number of nitrogens with zero attached hydrogens (tertiary/aromatic N) is 3. The lowest BCUT2D eigenvalue weighted by molar-refractivity contribution is -0.384. The molecule has 5 rings (SSSR count). The fourth-order valence-electron chi connectivity index (χ4n) is 4.73. The van der Waals surface area contributed by atoms with E-state index in [1.54, 1.807) is 32.1 Å². The fraction of sp³-hybridized carbons (Fsp3) is 0.219. The van der Waals surface area contributed by atoms with Crippen LogP contribution in [0.3, 0.4) is 0 Å². The van der Waals surface area contributed by atoms with Gasteiger partial charge in [0.1, 0.15) is 12.6 Å². The first-order valence-electron chi connectivity index (χ1n) is 13.7. The monoisotopic (exact) mass is 599 g/mol. The average Bonchev–Trinajstić information content (AvgIpc) is 3.32. The minimum absolute atomic E-state index is 0.0780. The van der Waals surface area contributed by atoms with Gasteiger partial charge in [-0.3, -0.25) is 19.5 Å². The van der Waals surface area contributed by atoms with E-state index in [9.17, 15) is 19.7 Å². The molecule has 0 radical (unpaired) electrons. The zero-order chi connectivity index (χ0) is 30.5. The van der Waals surface area contributed by atoms with Crippen LogP contribution in [0.5, 0.6) is 11.5 Å². The minimum Gasteiger partial charge on any atom is -0.490 e. The van der Waals surface area contributed by atoms with Crippen molar-refractivity contribution >= 4 is 34.8 Å². The molecule has 1 aliphatic heterocycles. The van der Waals surface area contributed by atoms with Gasteiger partial charge in [0.2, 0.25) is 0 Å². The SMILES string of the molecule is CCOC(=O)C1=C(C)n2c(s/c(=C\c3ccc(OCc4ccccc4)c(OCC)c3)c2=O)=N[C@H]1c1ccc([N+](=O)[O-])cc1. The molecule has 1 aromatic heterocycles. The van der Waals surface area contributed by atoms with Crippen molar-refractivity contribution in [3.8, 4) is 11.5 Å². The number of nitro groups is 1. The predicted octanol–water partition coefficient (Wildman–Crippen LogP) is 4.79. The molecule has 0 aliphatic carbocycles. The molecule has 1 aliphatic rings. The zero-order valence-corrected chi connectivity index (χ0v) is 24.6. The van der Waals surface area contributed by atoms with E-state index in [1.807, 2.05) is 55.5 Å². The van der Waals surface area contributed by atoms with E-state index in [1.165, 1.54) is 28.0 Å². The first-order valence-corrected chi connectivity index (χ1v) is 14.5. The molecule has 43 heavy (non-hydrogen) atoms. The van der Waals surface area contributed by atoms with Gasteiger partial charge in [0.05, 0.1) is 28.2 Å². The molecular weight excluding hydrogens is 570 g/mol. The van der Waals surface area contributed by atoms with E-state index in [0.29, 0.717) is 45.3 Å². The van der Waals surface area contributed by atoms with E-state index in [-0.39, 0.29) is 23.4 Å². The van der Waals surface area contributed by atoms with Gasteiger partial charge in [-0.1, -0.05) is 47.7 Å². The fourth-order valence-corrected chi connectivity index (χ4v) is 5.77. The topological polar surface area (TPSA) is 122 Å². The molecule has 220 valence electrons. The average molecular weight is 600 g/mol. The van der Waals surface area contributed by atoms with Crippen LogP contribution < -0.4 is 24.4 Å². The number of carbonyl (C=O) groups is 1. The summed E-state index contributed by atoms with van der Waals surface area (Å²) in [6, 6.07) is 20.3. The van der Waals surface area contributed by atoms with E-state index < -0.39 is 16.9 Å². The summed E-state index contributed by atoms with van der Waals surface area (Å²) in [6.07, 6.45) is 1.75. The van der Waals surface area contributed by atoms with Gasteiger partial charge in [0.15, 0.2) is 16.3 Å². The highest BCUT2D eigenvalue weighted by molar-refractivity contribution is 7.07. The molecule has 0 bridgehead atoms. The lowest BCUT2D eigenvalue weighted by Gasteiger charge is -2.22. The molecule has 4 aromatic rings. The quantitative estimate of drug-likeness (QED) is 0.146. The van der Waals surface area contributed by atoms with Crippen LogP contribution in [0.4, 0.5) is 5.69 Å². The molecule has 0 N–H and O–H groups in total. The molecule has 2 heterocycles. The summed E-state index contributed by atoms with van der Waals surface area (Å²) < 4.78 is 19.0. The number of ether oxygens (including phenoxy) is 3. The van der Waals surface area contributed by atoms with E-state index in [4.69, 9.17) is 19.2 Å². The number of carbonyl (C=O) groups excluding carboxylic acids is 1. The summed E-state index contributed by atoms with van der Waals surface area (Å²) in [7, 11) is 0. The Hall–Kier alpha value is -5.03. The molecule has 0 amide bonds. The van der Waals surface area contributed by atoms with Crippen molar-refractivity contribution in [2.24, 2.45) is 4.99 Å². The van der Waals surface area contributed by atoms with Crippen LogP contribution in [0.25, 0.3) is 11.8 Å². The van der Waals surface area contributed by atoms with Crippen molar-refractivity contribution in [3.05, 3.63) is 125 Å². The van der Waals surface area contributed by atoms with Gasteiger partial charge in [-0.15, -0.1) is 0 Å². The van der Waals surface area contributed by atoms with E-state index in [2.05, 4.69) is 0 Å². The summed E-state index contributed by atoms with van der Waals surface area (Å²) >= 11 is 1.19. The number of benzene rings is 3. The number of aromatic nitrogens is 1. The van der Waals surface area contributed by atoms with Crippen LogP contribution in [0.2, 0.25) is 0 Å². The van der Waals surface area contributed by atoms with Crippen LogP contribution in [-0.2, 0) is 16.1 Å². The highest BCUT2D eigenvalue weighted by Gasteiger charge is 2.31. The van der Waals surface area contributed by atoms with Gasteiger partial charge in [-0.25, -0.2) is 9.79 Å². The Morgan fingerprint density at radius 1 is 1.02 bits per heavy atom. The summed E-state index contributed by atoms with van der Waals surface area (Å²) in [5.74, 6) is 0.537. The third-order valence-corrected chi connectivity index (χ3v) is 7.75. The second-order valence-electron chi connectivity index (χ2n) is 9.55. The third kappa shape index (κ3) is 6.26. The van der Waals surface area contributed by atoms with Crippen molar-refractivity contribution in [2.45, 2.75) is 33.4 Å². The maximum Gasteiger partial charge on any atom is 0.338 e. The Morgan fingerprint density at radius 2 is 1.77 bits per heavy atom. The summed E-state index contributed by atoms with van der Waals surface area (Å²) in [5.41, 5.74) is 2.52. The number of esters is 1. The number of fused-ring (bicyclic) bond motifs is 1. The van der Waals surface area contributed by atoms with Crippen LogP contribution in [0.1, 0.15) is 43.5 Å². The molecule has 10 nitrogen and oxygen atoms in total. The van der Waals surface area contributed by atoms with Crippen LogP contribution >= 0.6 is 11.3 Å². The van der Waals surface area contributed by atoms with Gasteiger partial charge in [-0.2, -0.15) is 0 Å². The normalized spacial score (nSPS) is 14.6. The summed E-state index contributed by atoms with van der Waals surface area (Å²) in [6.45, 7) is 6.21. The van der Waals surface area contributed by atoms with E-state index >= 15 is 0 Å². The molecule has 11 heteroatoms. The molecule has 0 spiro atoms. The van der Waals surface area contributed by atoms with Crippen LogP contribution in [-0.4, -0.2) is 28.7 Å². The second kappa shape index (κ2) is 12.9. The molecular formula is C32H29N3O7S. The predicted molar refractivity (Wildman–Crippen MR) is 163 cm³/mol. The third-order valence-electron chi connectivity index (χ3n) is 6.76. The minimum atomic E-state index is -0.795. The smallest absolute Gasteiger partial charge is 0.338 e. The van der Waals surface area contributed by atoms with Gasteiger partial charge >= 0.3 is 5.97 Å². The maximum absolute atomic E-state index is 13.6. The Kier molecular flexibility index (Phi) is 8.82. The Balaban J connectivity index is 1.56. The number of hydrogen-bond acceptors (Lipinski definition) is 9. The molecule has 0 unspecified atom stereocenters. The van der Waals surface area contributed by atoms with Crippen molar-refractivity contribution in [3.63, 3.8) is 0 Å². The number of hydrogen-bond donors (Lipinski definition) is 0. The molecule has 0 saturated carbocycles. The van der Waals surface area contributed by atoms with Crippen molar-refractivity contribution < 1.29 is 23.9 Å². The van der Waals surface area contributed by atoms with Gasteiger partial charge < -0.3 is 14.2 Å². The van der Waals surface area contributed by atoms with Gasteiger partial charge in [-0.05, 0) is 67.8 Å². The first-order chi connectivity index (χ1) is 20.8. The highest BCUT2D eigenvalue weighted by atomic mass is 32.1. The summed E-state index contributed by atoms with van der Waals surface area (Å²) in [5, 5.41) is 11.2. The zero-order valence-electron chi connectivity index (χ0n) is 23.8. The lowest BCUT2D eigenvalue weighted by atomic mass is 9.96. The number of non-ortho nitro benzene ring substituents is 1. The Bertz CT molecular complexity index is 1880. The van der Waals surface area contributed by atoms with Crippen molar-refractivity contribution in [1.82, 2.24) is 4.57 Å². The molecule has 0 saturated heterocycles.